The first kappa shape index (κ1) is 14.4. The molecule has 0 aromatic heterocycles. The van der Waals surface area contributed by atoms with Gasteiger partial charge in [-0.1, -0.05) is 36.8 Å². The molecule has 1 unspecified atom stereocenters. The average molecular weight is 286 g/mol. The summed E-state index contributed by atoms with van der Waals surface area (Å²) in [5.74, 6) is 0.992. The third-order valence-corrected chi connectivity index (χ3v) is 4.38. The van der Waals surface area contributed by atoms with E-state index in [2.05, 4.69) is 50.9 Å². The number of benzene rings is 1. The van der Waals surface area contributed by atoms with Crippen molar-refractivity contribution in [1.82, 2.24) is 15.5 Å². The molecule has 1 aromatic rings. The van der Waals surface area contributed by atoms with Crippen molar-refractivity contribution in [2.24, 2.45) is 4.99 Å². The molecule has 0 spiro atoms. The molecule has 21 heavy (non-hydrogen) atoms. The van der Waals surface area contributed by atoms with E-state index in [4.69, 9.17) is 0 Å². The lowest BCUT2D eigenvalue weighted by Gasteiger charge is -2.36. The standard InChI is InChI=1S/C17H26N4/c1-2-7-15(8-3-1)14-21-12-5-4-9-16(21)13-20-17-18-10-6-11-19-17/h1-3,7-8,16H,4-6,9-14H2,(H2,18,19,20). The SMILES string of the molecule is c1ccc(CN2CCCCC2CNC2=NCCCN2)cc1. The number of likely N-dealkylation sites (tertiary alicyclic amines) is 1. The fourth-order valence-electron chi connectivity index (χ4n) is 3.18. The van der Waals surface area contributed by atoms with Crippen LogP contribution < -0.4 is 10.6 Å². The molecule has 2 aliphatic rings. The van der Waals surface area contributed by atoms with Gasteiger partial charge in [0.1, 0.15) is 0 Å². The number of piperidine rings is 1. The second kappa shape index (κ2) is 7.46. The smallest absolute Gasteiger partial charge is 0.191 e. The zero-order valence-corrected chi connectivity index (χ0v) is 12.7. The van der Waals surface area contributed by atoms with E-state index in [9.17, 15) is 0 Å². The Balaban J connectivity index is 1.55. The van der Waals surface area contributed by atoms with Gasteiger partial charge in [-0.3, -0.25) is 9.89 Å². The molecule has 4 heteroatoms. The summed E-state index contributed by atoms with van der Waals surface area (Å²) in [6, 6.07) is 11.4. The molecular formula is C17H26N4. The predicted octanol–water partition coefficient (Wildman–Crippen LogP) is 1.98. The van der Waals surface area contributed by atoms with Crippen molar-refractivity contribution >= 4 is 5.96 Å². The van der Waals surface area contributed by atoms with E-state index in [1.807, 2.05) is 0 Å². The minimum Gasteiger partial charge on any atom is -0.356 e. The van der Waals surface area contributed by atoms with Gasteiger partial charge in [0.15, 0.2) is 5.96 Å². The van der Waals surface area contributed by atoms with Gasteiger partial charge < -0.3 is 10.6 Å². The molecule has 1 fully saturated rings. The molecule has 1 saturated heterocycles. The molecule has 2 heterocycles. The zero-order chi connectivity index (χ0) is 14.3. The van der Waals surface area contributed by atoms with Crippen LogP contribution in [0.5, 0.6) is 0 Å². The Morgan fingerprint density at radius 2 is 2.10 bits per heavy atom. The Bertz CT molecular complexity index is 457. The molecular weight excluding hydrogens is 260 g/mol. The van der Waals surface area contributed by atoms with Crippen LogP contribution in [-0.4, -0.2) is 43.1 Å². The third kappa shape index (κ3) is 4.21. The van der Waals surface area contributed by atoms with Crippen LogP contribution >= 0.6 is 0 Å². The first-order valence-corrected chi connectivity index (χ1v) is 8.22. The Morgan fingerprint density at radius 3 is 2.90 bits per heavy atom. The number of nitrogens with one attached hydrogen (secondary N) is 2. The van der Waals surface area contributed by atoms with E-state index in [-0.39, 0.29) is 0 Å². The van der Waals surface area contributed by atoms with Crippen LogP contribution in [0, 0.1) is 0 Å². The second-order valence-corrected chi connectivity index (χ2v) is 6.00. The lowest BCUT2D eigenvalue weighted by atomic mass is 10.0. The van der Waals surface area contributed by atoms with Crippen molar-refractivity contribution < 1.29 is 0 Å². The van der Waals surface area contributed by atoms with Crippen molar-refractivity contribution in [3.8, 4) is 0 Å². The van der Waals surface area contributed by atoms with Gasteiger partial charge in [0.25, 0.3) is 0 Å². The van der Waals surface area contributed by atoms with E-state index in [1.165, 1.54) is 31.4 Å². The minimum absolute atomic E-state index is 0.616. The number of aliphatic imine (C=N–C) groups is 1. The maximum Gasteiger partial charge on any atom is 0.191 e. The normalized spacial score (nSPS) is 23.2. The highest BCUT2D eigenvalue weighted by Crippen LogP contribution is 2.19. The highest BCUT2D eigenvalue weighted by molar-refractivity contribution is 5.80. The molecule has 4 nitrogen and oxygen atoms in total. The lowest BCUT2D eigenvalue weighted by molar-refractivity contribution is 0.141. The molecule has 1 aromatic carbocycles. The van der Waals surface area contributed by atoms with Crippen LogP contribution in [0.3, 0.4) is 0 Å². The Morgan fingerprint density at radius 1 is 1.19 bits per heavy atom. The van der Waals surface area contributed by atoms with Crippen molar-refractivity contribution in [3.63, 3.8) is 0 Å². The first-order chi connectivity index (χ1) is 10.4. The summed E-state index contributed by atoms with van der Waals surface area (Å²) < 4.78 is 0. The van der Waals surface area contributed by atoms with Gasteiger partial charge in [-0.25, -0.2) is 0 Å². The summed E-state index contributed by atoms with van der Waals surface area (Å²) in [7, 11) is 0. The molecule has 0 bridgehead atoms. The van der Waals surface area contributed by atoms with Crippen LogP contribution in [-0.2, 0) is 6.54 Å². The maximum atomic E-state index is 4.50. The van der Waals surface area contributed by atoms with Gasteiger partial charge in [0.05, 0.1) is 0 Å². The molecule has 3 rings (SSSR count). The van der Waals surface area contributed by atoms with Crippen molar-refractivity contribution in [2.75, 3.05) is 26.2 Å². The molecule has 0 saturated carbocycles. The number of hydrogen-bond acceptors (Lipinski definition) is 4. The van der Waals surface area contributed by atoms with Crippen LogP contribution in [0.2, 0.25) is 0 Å². The Kier molecular flexibility index (Phi) is 5.11. The number of guanidine groups is 1. The zero-order valence-electron chi connectivity index (χ0n) is 12.7. The Hall–Kier alpha value is -1.55. The summed E-state index contributed by atoms with van der Waals surface area (Å²) in [6.45, 7) is 5.27. The van der Waals surface area contributed by atoms with E-state index in [0.29, 0.717) is 6.04 Å². The van der Waals surface area contributed by atoms with Crippen LogP contribution in [0.4, 0.5) is 0 Å². The van der Waals surface area contributed by atoms with Crippen molar-refractivity contribution in [2.45, 2.75) is 38.3 Å². The molecule has 1 atom stereocenters. The Labute approximate surface area is 127 Å². The average Bonchev–Trinajstić information content (AvgIpc) is 2.56. The third-order valence-electron chi connectivity index (χ3n) is 4.38. The summed E-state index contributed by atoms with van der Waals surface area (Å²) in [4.78, 5) is 7.12. The van der Waals surface area contributed by atoms with Crippen molar-refractivity contribution in [3.05, 3.63) is 35.9 Å². The molecule has 114 valence electrons. The van der Waals surface area contributed by atoms with Gasteiger partial charge >= 0.3 is 0 Å². The van der Waals surface area contributed by atoms with Crippen LogP contribution in [0.1, 0.15) is 31.2 Å². The predicted molar refractivity (Wildman–Crippen MR) is 87.4 cm³/mol. The lowest BCUT2D eigenvalue weighted by Crippen LogP contribution is -2.49. The highest BCUT2D eigenvalue weighted by atomic mass is 15.2. The number of rotatable bonds is 4. The fraction of sp³-hybridized carbons (Fsp3) is 0.588. The highest BCUT2D eigenvalue weighted by Gasteiger charge is 2.22. The van der Waals surface area contributed by atoms with Crippen LogP contribution in [0.25, 0.3) is 0 Å². The van der Waals surface area contributed by atoms with Gasteiger partial charge in [-0.05, 0) is 31.4 Å². The first-order valence-electron chi connectivity index (χ1n) is 8.22. The monoisotopic (exact) mass is 286 g/mol. The molecule has 2 N–H and O–H groups in total. The summed E-state index contributed by atoms with van der Waals surface area (Å²) in [6.07, 6.45) is 5.10. The second-order valence-electron chi connectivity index (χ2n) is 6.00. The van der Waals surface area contributed by atoms with E-state index in [1.54, 1.807) is 0 Å². The number of hydrogen-bond donors (Lipinski definition) is 2. The molecule has 0 radical (unpaired) electrons. The van der Waals surface area contributed by atoms with Crippen LogP contribution in [0.15, 0.2) is 35.3 Å². The molecule has 2 aliphatic heterocycles. The molecule has 0 aliphatic carbocycles. The summed E-state index contributed by atoms with van der Waals surface area (Å²) >= 11 is 0. The number of nitrogens with zero attached hydrogens (tertiary/aromatic N) is 2. The maximum absolute atomic E-state index is 4.50. The topological polar surface area (TPSA) is 39.7 Å². The summed E-state index contributed by atoms with van der Waals surface area (Å²) in [5.41, 5.74) is 1.41. The molecule has 0 amide bonds. The summed E-state index contributed by atoms with van der Waals surface area (Å²) in [5, 5.41) is 6.85. The largest absolute Gasteiger partial charge is 0.356 e. The minimum atomic E-state index is 0.616. The van der Waals surface area contributed by atoms with Gasteiger partial charge in [-0.2, -0.15) is 0 Å². The fourth-order valence-corrected chi connectivity index (χ4v) is 3.18. The quantitative estimate of drug-likeness (QED) is 0.889. The van der Waals surface area contributed by atoms with Gasteiger partial charge in [0, 0.05) is 32.2 Å². The van der Waals surface area contributed by atoms with Gasteiger partial charge in [-0.15, -0.1) is 0 Å². The van der Waals surface area contributed by atoms with E-state index < -0.39 is 0 Å². The van der Waals surface area contributed by atoms with Crippen molar-refractivity contribution in [1.29, 1.82) is 0 Å². The van der Waals surface area contributed by atoms with Gasteiger partial charge in [0.2, 0.25) is 0 Å². The van der Waals surface area contributed by atoms with E-state index in [0.717, 1.165) is 38.6 Å². The van der Waals surface area contributed by atoms with E-state index >= 15 is 0 Å².